The lowest BCUT2D eigenvalue weighted by molar-refractivity contribution is 0.663. The Morgan fingerprint density at radius 3 is 1.21 bits per heavy atom. The van der Waals surface area contributed by atoms with Crippen molar-refractivity contribution < 1.29 is 0 Å². The summed E-state index contributed by atoms with van der Waals surface area (Å²) in [5, 5.41) is 2.52. The molecule has 1 aliphatic carbocycles. The molecule has 0 radical (unpaired) electrons. The summed E-state index contributed by atoms with van der Waals surface area (Å²) in [4.78, 5) is 4.59. The van der Waals surface area contributed by atoms with Gasteiger partial charge in [0, 0.05) is 56.0 Å². The zero-order valence-electron chi connectivity index (χ0n) is 42.6. The molecular formula is C73H55N3. The minimum absolute atomic E-state index is 0.256. The van der Waals surface area contributed by atoms with Gasteiger partial charge >= 0.3 is 0 Å². The normalized spacial score (nSPS) is 12.6. The van der Waals surface area contributed by atoms with Gasteiger partial charge in [-0.15, -0.1) is 0 Å². The van der Waals surface area contributed by atoms with Gasteiger partial charge in [0.25, 0.3) is 0 Å². The van der Waals surface area contributed by atoms with Crippen molar-refractivity contribution in [2.24, 2.45) is 0 Å². The van der Waals surface area contributed by atoms with Crippen LogP contribution < -0.4 is 9.80 Å². The SMILES string of the molecule is CC1(C)c2cc(/C=C/c3ccc(N(c4ccccc4)c4ccccc4)cc3)ccc2-c2ccc3c4cc(-c5ccc(/C=C/c6ccc(N(c7ccccc7)c7ccccc7)cc6)cc5)ccc4n(-c4ccccc4)c3c21. The van der Waals surface area contributed by atoms with E-state index < -0.39 is 0 Å². The zero-order valence-corrected chi connectivity index (χ0v) is 42.6. The van der Waals surface area contributed by atoms with Gasteiger partial charge in [0.1, 0.15) is 0 Å². The summed E-state index contributed by atoms with van der Waals surface area (Å²) in [5.74, 6) is 0. The molecule has 1 aliphatic rings. The van der Waals surface area contributed by atoms with Crippen LogP contribution in [-0.4, -0.2) is 4.57 Å². The topological polar surface area (TPSA) is 11.4 Å². The van der Waals surface area contributed by atoms with Gasteiger partial charge in [-0.2, -0.15) is 0 Å². The van der Waals surface area contributed by atoms with E-state index in [0.29, 0.717) is 0 Å². The largest absolute Gasteiger partial charge is 0.311 e. The first kappa shape index (κ1) is 46.1. The predicted octanol–water partition coefficient (Wildman–Crippen LogP) is 20.0. The van der Waals surface area contributed by atoms with E-state index in [1.807, 2.05) is 0 Å². The molecule has 0 aliphatic heterocycles. The van der Waals surface area contributed by atoms with Crippen LogP contribution in [0, 0.1) is 0 Å². The first-order chi connectivity index (χ1) is 37.4. The molecule has 0 bridgehead atoms. The van der Waals surface area contributed by atoms with E-state index in [0.717, 1.165) is 56.5 Å². The first-order valence-electron chi connectivity index (χ1n) is 26.2. The lowest BCUT2D eigenvalue weighted by Crippen LogP contribution is -2.16. The highest BCUT2D eigenvalue weighted by molar-refractivity contribution is 6.14. The summed E-state index contributed by atoms with van der Waals surface area (Å²) >= 11 is 0. The second-order valence-corrected chi connectivity index (χ2v) is 20.2. The average Bonchev–Trinajstić information content (AvgIpc) is 3.93. The van der Waals surface area contributed by atoms with Crippen molar-refractivity contribution in [3.63, 3.8) is 0 Å². The molecule has 3 heteroatoms. The van der Waals surface area contributed by atoms with Gasteiger partial charge in [-0.25, -0.2) is 0 Å². The van der Waals surface area contributed by atoms with Crippen LogP contribution in [0.4, 0.5) is 34.1 Å². The van der Waals surface area contributed by atoms with Crippen molar-refractivity contribution in [3.8, 4) is 27.9 Å². The van der Waals surface area contributed by atoms with E-state index in [1.54, 1.807) is 0 Å². The lowest BCUT2D eigenvalue weighted by atomic mass is 9.81. The van der Waals surface area contributed by atoms with Gasteiger partial charge in [-0.3, -0.25) is 0 Å². The van der Waals surface area contributed by atoms with Crippen LogP contribution in [0.1, 0.15) is 47.2 Å². The zero-order chi connectivity index (χ0) is 51.0. The summed E-state index contributed by atoms with van der Waals surface area (Å²) in [6.07, 6.45) is 8.89. The number of benzene rings is 11. The Bertz CT molecular complexity index is 3990. The monoisotopic (exact) mass is 973 g/mol. The number of rotatable bonds is 12. The number of nitrogens with zero attached hydrogens (tertiary/aromatic N) is 3. The van der Waals surface area contributed by atoms with Crippen molar-refractivity contribution in [3.05, 3.63) is 306 Å². The number of anilines is 6. The van der Waals surface area contributed by atoms with E-state index in [4.69, 9.17) is 0 Å². The van der Waals surface area contributed by atoms with Crippen LogP contribution >= 0.6 is 0 Å². The summed E-state index contributed by atoms with van der Waals surface area (Å²) in [6, 6.07) is 98.4. The number of fused-ring (bicyclic) bond motifs is 7. The Hall–Kier alpha value is -9.70. The van der Waals surface area contributed by atoms with Gasteiger partial charge in [0.15, 0.2) is 0 Å². The van der Waals surface area contributed by atoms with E-state index in [9.17, 15) is 0 Å². The highest BCUT2D eigenvalue weighted by atomic mass is 15.1. The fraction of sp³-hybridized carbons (Fsp3) is 0.0411. The molecular weight excluding hydrogens is 919 g/mol. The van der Waals surface area contributed by atoms with Crippen LogP contribution in [0.25, 0.3) is 74.1 Å². The molecule has 1 heterocycles. The molecule has 0 spiro atoms. The van der Waals surface area contributed by atoms with E-state index in [1.165, 1.54) is 60.8 Å². The Morgan fingerprint density at radius 2 is 0.724 bits per heavy atom. The summed E-state index contributed by atoms with van der Waals surface area (Å²) in [5.41, 5.74) is 22.5. The minimum Gasteiger partial charge on any atom is -0.311 e. The van der Waals surface area contributed by atoms with Crippen molar-refractivity contribution in [2.75, 3.05) is 9.80 Å². The summed E-state index contributed by atoms with van der Waals surface area (Å²) in [7, 11) is 0. The van der Waals surface area contributed by atoms with Gasteiger partial charge in [-0.1, -0.05) is 214 Å². The van der Waals surface area contributed by atoms with Crippen LogP contribution in [0.3, 0.4) is 0 Å². The van der Waals surface area contributed by atoms with Crippen LogP contribution in [0.15, 0.2) is 273 Å². The first-order valence-corrected chi connectivity index (χ1v) is 26.2. The third kappa shape index (κ3) is 8.58. The molecule has 362 valence electrons. The van der Waals surface area contributed by atoms with E-state index >= 15 is 0 Å². The van der Waals surface area contributed by atoms with Crippen LogP contribution in [0.5, 0.6) is 0 Å². The van der Waals surface area contributed by atoms with Gasteiger partial charge < -0.3 is 14.4 Å². The van der Waals surface area contributed by atoms with Crippen molar-refractivity contribution in [1.82, 2.24) is 4.57 Å². The van der Waals surface area contributed by atoms with Gasteiger partial charge in [-0.05, 0) is 153 Å². The Morgan fingerprint density at radius 1 is 0.329 bits per heavy atom. The molecule has 0 N–H and O–H groups in total. The smallest absolute Gasteiger partial charge is 0.0588 e. The molecule has 3 nitrogen and oxygen atoms in total. The lowest BCUT2D eigenvalue weighted by Gasteiger charge is -2.25. The van der Waals surface area contributed by atoms with Crippen molar-refractivity contribution in [2.45, 2.75) is 19.3 Å². The molecule has 0 fully saturated rings. The van der Waals surface area contributed by atoms with E-state index in [2.05, 4.69) is 326 Å². The maximum Gasteiger partial charge on any atom is 0.0588 e. The fourth-order valence-electron chi connectivity index (χ4n) is 11.4. The summed E-state index contributed by atoms with van der Waals surface area (Å²) in [6.45, 7) is 4.81. The second-order valence-electron chi connectivity index (χ2n) is 20.2. The Balaban J connectivity index is 0.784. The van der Waals surface area contributed by atoms with Crippen molar-refractivity contribution >= 4 is 80.2 Å². The Labute approximate surface area is 445 Å². The maximum atomic E-state index is 2.50. The molecule has 0 saturated carbocycles. The molecule has 0 amide bonds. The summed E-state index contributed by atoms with van der Waals surface area (Å²) < 4.78 is 2.50. The fourth-order valence-corrected chi connectivity index (χ4v) is 11.4. The third-order valence-electron chi connectivity index (χ3n) is 15.1. The molecule has 1 aromatic heterocycles. The molecule has 11 aromatic carbocycles. The van der Waals surface area contributed by atoms with Gasteiger partial charge in [0.05, 0.1) is 11.0 Å². The molecule has 13 rings (SSSR count). The minimum atomic E-state index is -0.256. The number of aromatic nitrogens is 1. The molecule has 0 atom stereocenters. The molecule has 12 aromatic rings. The number of hydrogen-bond donors (Lipinski definition) is 0. The Kier molecular flexibility index (Phi) is 11.9. The van der Waals surface area contributed by atoms with Crippen LogP contribution in [0.2, 0.25) is 0 Å². The maximum absolute atomic E-state index is 2.50. The molecule has 0 unspecified atom stereocenters. The standard InChI is InChI=1S/C73H55N3/c1-73(2)69-50-55(31-30-54-36-44-64(45-37-54)75(60-22-12-5-13-23-60)61-24-14-6-15-25-61)38-46-65(69)66-47-48-67-68-51-57(41-49-70(68)76(72(67)71(66)73)62-26-16-7-17-27-62)56-39-32-52(33-40-56)28-29-53-34-42-63(43-35-53)74(58-18-8-3-9-19-58)59-20-10-4-11-21-59/h3-51H,1-2H3/b29-28+,31-30+. The highest BCUT2D eigenvalue weighted by Gasteiger charge is 2.39. The predicted molar refractivity (Wildman–Crippen MR) is 324 cm³/mol. The highest BCUT2D eigenvalue weighted by Crippen LogP contribution is 2.53. The average molecular weight is 974 g/mol. The number of hydrogen-bond acceptors (Lipinski definition) is 2. The van der Waals surface area contributed by atoms with Crippen LogP contribution in [-0.2, 0) is 5.41 Å². The molecule has 76 heavy (non-hydrogen) atoms. The quantitative estimate of drug-likeness (QED) is 0.113. The second kappa shape index (κ2) is 19.6. The van der Waals surface area contributed by atoms with E-state index in [-0.39, 0.29) is 5.41 Å². The van der Waals surface area contributed by atoms with Gasteiger partial charge in [0.2, 0.25) is 0 Å². The third-order valence-corrected chi connectivity index (χ3v) is 15.1. The molecule has 0 saturated heterocycles. The van der Waals surface area contributed by atoms with Crippen molar-refractivity contribution in [1.29, 1.82) is 0 Å². The number of para-hydroxylation sites is 5.